The number of nitrogens with zero attached hydrogens (tertiary/aromatic N) is 2. The molecule has 0 bridgehead atoms. The molecule has 0 saturated heterocycles. The summed E-state index contributed by atoms with van der Waals surface area (Å²) in [5, 5.41) is 2.20. The van der Waals surface area contributed by atoms with E-state index >= 15 is 0 Å². The molecular weight excluding hydrogens is 448 g/mol. The lowest BCUT2D eigenvalue weighted by Gasteiger charge is -2.14. The first-order valence-electron chi connectivity index (χ1n) is 10.2. The van der Waals surface area contributed by atoms with Gasteiger partial charge < -0.3 is 4.74 Å². The second-order valence-corrected chi connectivity index (χ2v) is 10.0. The van der Waals surface area contributed by atoms with Gasteiger partial charge >= 0.3 is 0 Å². The number of methoxy groups -OCH3 is 1. The summed E-state index contributed by atoms with van der Waals surface area (Å²) in [6, 6.07) is 15.4. The smallest absolute Gasteiger partial charge is 0.267 e. The van der Waals surface area contributed by atoms with Crippen LogP contribution in [0.25, 0.3) is 15.9 Å². The van der Waals surface area contributed by atoms with Crippen molar-refractivity contribution in [2.45, 2.75) is 36.6 Å². The second kappa shape index (κ2) is 8.69. The zero-order chi connectivity index (χ0) is 21.4. The van der Waals surface area contributed by atoms with Crippen molar-refractivity contribution in [3.8, 4) is 11.4 Å². The van der Waals surface area contributed by atoms with Gasteiger partial charge in [0.1, 0.15) is 10.6 Å². The molecule has 0 atom stereocenters. The predicted molar refractivity (Wildman–Crippen MR) is 129 cm³/mol. The third-order valence-electron chi connectivity index (χ3n) is 5.55. The molecule has 0 spiro atoms. The highest BCUT2D eigenvalue weighted by Gasteiger charge is 2.23. The Morgan fingerprint density at radius 1 is 1.16 bits per heavy atom. The zero-order valence-corrected chi connectivity index (χ0v) is 19.4. The van der Waals surface area contributed by atoms with Crippen LogP contribution < -0.4 is 10.3 Å². The highest BCUT2D eigenvalue weighted by Crippen LogP contribution is 2.36. The first-order chi connectivity index (χ1) is 15.1. The standard InChI is InChI=1S/C24H21ClN2O2S2/c1-29-18-11-9-17(10-12-18)27-23(28)21-19-7-2-3-8-20(19)31-22(21)26-24(27)30-14-15-5-4-6-16(25)13-15/h4-6,9-13H,2-3,7-8,14H2,1H3. The van der Waals surface area contributed by atoms with Gasteiger partial charge in [0, 0.05) is 15.7 Å². The number of halogens is 1. The number of aromatic nitrogens is 2. The average Bonchev–Trinajstić information content (AvgIpc) is 3.17. The molecule has 31 heavy (non-hydrogen) atoms. The minimum Gasteiger partial charge on any atom is -0.497 e. The van der Waals surface area contributed by atoms with Crippen LogP contribution in [0.4, 0.5) is 0 Å². The maximum atomic E-state index is 13.8. The summed E-state index contributed by atoms with van der Waals surface area (Å²) in [4.78, 5) is 20.9. The van der Waals surface area contributed by atoms with Crippen LogP contribution >= 0.6 is 34.7 Å². The molecule has 1 aliphatic rings. The molecule has 7 heteroatoms. The Morgan fingerprint density at radius 2 is 1.97 bits per heavy atom. The van der Waals surface area contributed by atoms with Crippen molar-refractivity contribution in [3.05, 3.63) is 79.9 Å². The molecule has 0 unspecified atom stereocenters. The van der Waals surface area contributed by atoms with E-state index in [1.807, 2.05) is 48.5 Å². The highest BCUT2D eigenvalue weighted by molar-refractivity contribution is 7.98. The summed E-state index contributed by atoms with van der Waals surface area (Å²) in [7, 11) is 1.64. The first kappa shape index (κ1) is 20.6. The van der Waals surface area contributed by atoms with Crippen LogP contribution in [0.5, 0.6) is 5.75 Å². The van der Waals surface area contributed by atoms with E-state index < -0.39 is 0 Å². The number of thioether (sulfide) groups is 1. The Hall–Kier alpha value is -2.28. The van der Waals surface area contributed by atoms with Crippen LogP contribution in [-0.4, -0.2) is 16.7 Å². The zero-order valence-electron chi connectivity index (χ0n) is 17.1. The van der Waals surface area contributed by atoms with Gasteiger partial charge in [-0.1, -0.05) is 35.5 Å². The number of rotatable bonds is 5. The van der Waals surface area contributed by atoms with Crippen molar-refractivity contribution in [2.75, 3.05) is 7.11 Å². The average molecular weight is 469 g/mol. The molecule has 0 aliphatic heterocycles. The lowest BCUT2D eigenvalue weighted by molar-refractivity contribution is 0.414. The van der Waals surface area contributed by atoms with Gasteiger partial charge in [0.15, 0.2) is 5.16 Å². The van der Waals surface area contributed by atoms with Gasteiger partial charge in [-0.3, -0.25) is 9.36 Å². The molecule has 0 amide bonds. The van der Waals surface area contributed by atoms with E-state index in [1.165, 1.54) is 16.9 Å². The lowest BCUT2D eigenvalue weighted by Crippen LogP contribution is -2.22. The van der Waals surface area contributed by atoms with Gasteiger partial charge in [0.05, 0.1) is 18.2 Å². The van der Waals surface area contributed by atoms with Crippen molar-refractivity contribution < 1.29 is 4.74 Å². The summed E-state index contributed by atoms with van der Waals surface area (Å²) in [5.41, 5.74) is 3.11. The molecule has 0 saturated carbocycles. The molecule has 0 N–H and O–H groups in total. The number of fused-ring (bicyclic) bond motifs is 3. The third kappa shape index (κ3) is 4.00. The van der Waals surface area contributed by atoms with Gasteiger partial charge in [-0.05, 0) is 73.2 Å². The molecule has 2 heterocycles. The van der Waals surface area contributed by atoms with E-state index in [-0.39, 0.29) is 5.56 Å². The van der Waals surface area contributed by atoms with Gasteiger partial charge in [-0.15, -0.1) is 11.3 Å². The number of thiophene rings is 1. The maximum Gasteiger partial charge on any atom is 0.267 e. The molecule has 4 aromatic rings. The molecule has 5 rings (SSSR count). The minimum atomic E-state index is 0.0168. The van der Waals surface area contributed by atoms with Gasteiger partial charge in [-0.25, -0.2) is 4.98 Å². The van der Waals surface area contributed by atoms with Crippen LogP contribution in [-0.2, 0) is 18.6 Å². The van der Waals surface area contributed by atoms with Gasteiger partial charge in [0.25, 0.3) is 5.56 Å². The van der Waals surface area contributed by atoms with E-state index in [2.05, 4.69) is 0 Å². The van der Waals surface area contributed by atoms with Crippen molar-refractivity contribution >= 4 is 44.9 Å². The molecule has 4 nitrogen and oxygen atoms in total. The highest BCUT2D eigenvalue weighted by atomic mass is 35.5. The summed E-state index contributed by atoms with van der Waals surface area (Å²) >= 11 is 9.39. The first-order valence-corrected chi connectivity index (χ1v) is 12.4. The van der Waals surface area contributed by atoms with E-state index in [0.29, 0.717) is 15.9 Å². The van der Waals surface area contributed by atoms with E-state index in [9.17, 15) is 4.79 Å². The Bertz CT molecular complexity index is 1310. The quantitative estimate of drug-likeness (QED) is 0.255. The fourth-order valence-electron chi connectivity index (χ4n) is 4.02. The largest absolute Gasteiger partial charge is 0.497 e. The van der Waals surface area contributed by atoms with E-state index in [0.717, 1.165) is 46.5 Å². The van der Waals surface area contributed by atoms with Gasteiger partial charge in [0.2, 0.25) is 0 Å². The predicted octanol–water partition coefficient (Wildman–Crippen LogP) is 6.28. The van der Waals surface area contributed by atoms with Crippen LogP contribution in [0.1, 0.15) is 28.8 Å². The number of benzene rings is 2. The number of ether oxygens (including phenoxy) is 1. The van der Waals surface area contributed by atoms with E-state index in [1.54, 1.807) is 34.8 Å². The molecule has 0 radical (unpaired) electrons. The normalized spacial score (nSPS) is 13.4. The van der Waals surface area contributed by atoms with Crippen LogP contribution in [0, 0.1) is 0 Å². The number of hydrogen-bond donors (Lipinski definition) is 0. The van der Waals surface area contributed by atoms with Crippen molar-refractivity contribution in [3.63, 3.8) is 0 Å². The fourth-order valence-corrected chi connectivity index (χ4v) is 6.49. The Morgan fingerprint density at radius 3 is 2.74 bits per heavy atom. The maximum absolute atomic E-state index is 13.8. The Kier molecular flexibility index (Phi) is 5.78. The SMILES string of the molecule is COc1ccc(-n2c(SCc3cccc(Cl)c3)nc3sc4c(c3c2=O)CCCC4)cc1. The number of aryl methyl sites for hydroxylation is 2. The van der Waals surface area contributed by atoms with Crippen LogP contribution in [0.2, 0.25) is 5.02 Å². The topological polar surface area (TPSA) is 44.1 Å². The minimum absolute atomic E-state index is 0.0168. The molecule has 0 fully saturated rings. The summed E-state index contributed by atoms with van der Waals surface area (Å²) < 4.78 is 7.04. The van der Waals surface area contributed by atoms with Gasteiger partial charge in [-0.2, -0.15) is 0 Å². The Balaban J connectivity index is 1.65. The fraction of sp³-hybridized carbons (Fsp3) is 0.250. The molecule has 1 aliphatic carbocycles. The molecule has 2 aromatic heterocycles. The molecule has 2 aromatic carbocycles. The van der Waals surface area contributed by atoms with Crippen molar-refractivity contribution in [2.24, 2.45) is 0 Å². The third-order valence-corrected chi connectivity index (χ3v) is 7.98. The monoisotopic (exact) mass is 468 g/mol. The molecule has 158 valence electrons. The van der Waals surface area contributed by atoms with Crippen LogP contribution in [0.15, 0.2) is 58.5 Å². The molecular formula is C24H21ClN2O2S2. The summed E-state index contributed by atoms with van der Waals surface area (Å²) in [5.74, 6) is 1.44. The summed E-state index contributed by atoms with van der Waals surface area (Å²) in [6.45, 7) is 0. The van der Waals surface area contributed by atoms with Crippen molar-refractivity contribution in [1.29, 1.82) is 0 Å². The van der Waals surface area contributed by atoms with Crippen molar-refractivity contribution in [1.82, 2.24) is 9.55 Å². The summed E-state index contributed by atoms with van der Waals surface area (Å²) in [6.07, 6.45) is 4.32. The number of hydrogen-bond acceptors (Lipinski definition) is 5. The lowest BCUT2D eigenvalue weighted by atomic mass is 9.97. The van der Waals surface area contributed by atoms with Crippen LogP contribution in [0.3, 0.4) is 0 Å². The Labute approximate surface area is 193 Å². The second-order valence-electron chi connectivity index (χ2n) is 7.54. The van der Waals surface area contributed by atoms with E-state index in [4.69, 9.17) is 21.3 Å².